The zero-order valence-corrected chi connectivity index (χ0v) is 14.7. The van der Waals surface area contributed by atoms with Crippen molar-refractivity contribution in [2.24, 2.45) is 0 Å². The van der Waals surface area contributed by atoms with Gasteiger partial charge in [-0.15, -0.1) is 0 Å². The van der Waals surface area contributed by atoms with Crippen molar-refractivity contribution in [3.63, 3.8) is 0 Å². The Labute approximate surface area is 158 Å². The van der Waals surface area contributed by atoms with Crippen LogP contribution in [0.25, 0.3) is 5.69 Å². The molecule has 2 N–H and O–H groups in total. The highest BCUT2D eigenvalue weighted by Gasteiger charge is 2.48. The Morgan fingerprint density at radius 2 is 2.00 bits per heavy atom. The van der Waals surface area contributed by atoms with E-state index in [1.165, 1.54) is 47.6 Å². The fraction of sp³-hybridized carbons (Fsp3) is 0.263. The molecule has 0 saturated heterocycles. The second-order valence-electron chi connectivity index (χ2n) is 6.83. The van der Waals surface area contributed by atoms with Gasteiger partial charge in [0.1, 0.15) is 17.7 Å². The first-order valence-electron chi connectivity index (χ1n) is 8.70. The van der Waals surface area contributed by atoms with Crippen LogP contribution in [0, 0.1) is 5.82 Å². The van der Waals surface area contributed by atoms with E-state index >= 15 is 0 Å². The van der Waals surface area contributed by atoms with E-state index in [0.717, 1.165) is 6.07 Å². The molecule has 3 aromatic heterocycles. The summed E-state index contributed by atoms with van der Waals surface area (Å²) in [5.41, 5.74) is -0.504. The fourth-order valence-electron chi connectivity index (χ4n) is 3.45. The topological polar surface area (TPSA) is 92.9 Å². The molecule has 7 nitrogen and oxygen atoms in total. The van der Waals surface area contributed by atoms with Gasteiger partial charge >= 0.3 is 0 Å². The second-order valence-corrected chi connectivity index (χ2v) is 6.83. The molecule has 3 aromatic rings. The van der Waals surface area contributed by atoms with Crippen LogP contribution < -0.4 is 10.9 Å². The minimum absolute atomic E-state index is 0.126. The van der Waals surface area contributed by atoms with Gasteiger partial charge in [0.05, 0.1) is 23.8 Å². The SMILES string of the molecule is O=c1cc(O)ccn1-c1cnc(NCC2(c3ncccc3F)CC(F)C2)nc1. The molecule has 0 aromatic carbocycles. The van der Waals surface area contributed by atoms with Crippen molar-refractivity contribution in [1.82, 2.24) is 19.5 Å². The first kappa shape index (κ1) is 18.0. The molecule has 0 amide bonds. The van der Waals surface area contributed by atoms with E-state index in [2.05, 4.69) is 20.3 Å². The minimum atomic E-state index is -0.993. The number of hydrogen-bond donors (Lipinski definition) is 2. The molecular weight excluding hydrogens is 368 g/mol. The summed E-state index contributed by atoms with van der Waals surface area (Å²) in [5.74, 6) is -0.313. The molecule has 28 heavy (non-hydrogen) atoms. The maximum Gasteiger partial charge on any atom is 0.258 e. The van der Waals surface area contributed by atoms with Crippen molar-refractivity contribution in [3.05, 3.63) is 70.9 Å². The maximum atomic E-state index is 14.2. The van der Waals surface area contributed by atoms with Gasteiger partial charge in [-0.2, -0.15) is 0 Å². The number of anilines is 1. The number of aromatic hydroxyl groups is 1. The third kappa shape index (κ3) is 3.30. The van der Waals surface area contributed by atoms with Crippen molar-refractivity contribution in [2.45, 2.75) is 24.4 Å². The first-order chi connectivity index (χ1) is 13.5. The van der Waals surface area contributed by atoms with Crippen molar-refractivity contribution in [3.8, 4) is 11.4 Å². The Kier molecular flexibility index (Phi) is 4.50. The summed E-state index contributed by atoms with van der Waals surface area (Å²) < 4.78 is 29.1. The predicted molar refractivity (Wildman–Crippen MR) is 97.8 cm³/mol. The van der Waals surface area contributed by atoms with Gasteiger partial charge < -0.3 is 10.4 Å². The molecule has 0 unspecified atom stereocenters. The van der Waals surface area contributed by atoms with Gasteiger partial charge in [0.2, 0.25) is 5.95 Å². The number of aromatic nitrogens is 4. The van der Waals surface area contributed by atoms with Gasteiger partial charge in [0.25, 0.3) is 5.56 Å². The van der Waals surface area contributed by atoms with Crippen LogP contribution in [0.15, 0.2) is 53.8 Å². The van der Waals surface area contributed by atoms with Crippen LogP contribution in [0.2, 0.25) is 0 Å². The van der Waals surface area contributed by atoms with Gasteiger partial charge in [-0.3, -0.25) is 14.3 Å². The maximum absolute atomic E-state index is 14.2. The van der Waals surface area contributed by atoms with Gasteiger partial charge in [-0.25, -0.2) is 18.7 Å². The van der Waals surface area contributed by atoms with E-state index in [4.69, 9.17) is 0 Å². The molecule has 1 aliphatic rings. The zero-order valence-electron chi connectivity index (χ0n) is 14.7. The third-order valence-electron chi connectivity index (χ3n) is 4.89. The lowest BCUT2D eigenvalue weighted by atomic mass is 9.65. The molecule has 4 rings (SSSR count). The predicted octanol–water partition coefficient (Wildman–Crippen LogP) is 2.35. The molecule has 1 aliphatic carbocycles. The van der Waals surface area contributed by atoms with Crippen molar-refractivity contribution >= 4 is 5.95 Å². The largest absolute Gasteiger partial charge is 0.508 e. The van der Waals surface area contributed by atoms with Crippen LogP contribution in [0.3, 0.4) is 0 Å². The minimum Gasteiger partial charge on any atom is -0.508 e. The van der Waals surface area contributed by atoms with E-state index in [1.807, 2.05) is 0 Å². The van der Waals surface area contributed by atoms with Crippen molar-refractivity contribution < 1.29 is 13.9 Å². The van der Waals surface area contributed by atoms with Gasteiger partial charge in [0, 0.05) is 30.4 Å². The number of pyridine rings is 2. The molecule has 0 aliphatic heterocycles. The summed E-state index contributed by atoms with van der Waals surface area (Å²) >= 11 is 0. The van der Waals surface area contributed by atoms with E-state index in [9.17, 15) is 18.7 Å². The Balaban J connectivity index is 1.51. The Morgan fingerprint density at radius 3 is 2.64 bits per heavy atom. The molecular formula is C19H17F2N5O2. The molecule has 1 saturated carbocycles. The fourth-order valence-corrected chi connectivity index (χ4v) is 3.45. The van der Waals surface area contributed by atoms with Gasteiger partial charge in [-0.1, -0.05) is 0 Å². The highest BCUT2D eigenvalue weighted by atomic mass is 19.1. The standard InChI is InChI=1S/C19H17F2N5O2/c20-12-7-19(8-12,17-15(21)2-1-4-22-17)11-25-18-23-9-13(10-24-18)26-5-3-14(27)6-16(26)28/h1-6,9-10,12,27H,7-8,11H2,(H,23,24,25). The number of nitrogens with zero attached hydrogens (tertiary/aromatic N) is 4. The number of halogens is 2. The molecule has 0 spiro atoms. The van der Waals surface area contributed by atoms with Crippen LogP contribution in [-0.4, -0.2) is 37.3 Å². The summed E-state index contributed by atoms with van der Waals surface area (Å²) in [6, 6.07) is 5.28. The van der Waals surface area contributed by atoms with Crippen LogP contribution in [0.4, 0.5) is 14.7 Å². The van der Waals surface area contributed by atoms with Crippen LogP contribution in [0.1, 0.15) is 18.5 Å². The van der Waals surface area contributed by atoms with Crippen molar-refractivity contribution in [2.75, 3.05) is 11.9 Å². The quantitative estimate of drug-likeness (QED) is 0.700. The number of rotatable bonds is 5. The average molecular weight is 385 g/mol. The second kappa shape index (κ2) is 6.99. The van der Waals surface area contributed by atoms with Crippen LogP contribution >= 0.6 is 0 Å². The number of nitrogens with one attached hydrogen (secondary N) is 1. The molecule has 0 atom stereocenters. The summed E-state index contributed by atoms with van der Waals surface area (Å²) in [7, 11) is 0. The van der Waals surface area contributed by atoms with Gasteiger partial charge in [-0.05, 0) is 31.0 Å². The molecule has 9 heteroatoms. The Morgan fingerprint density at radius 1 is 1.25 bits per heavy atom. The normalized spacial score (nSPS) is 21.1. The third-order valence-corrected chi connectivity index (χ3v) is 4.89. The Hall–Kier alpha value is -3.36. The average Bonchev–Trinajstić information content (AvgIpc) is 2.65. The van der Waals surface area contributed by atoms with Crippen LogP contribution in [-0.2, 0) is 5.41 Å². The lowest BCUT2D eigenvalue weighted by Crippen LogP contribution is -2.49. The summed E-state index contributed by atoms with van der Waals surface area (Å²) in [6.45, 7) is 0.236. The summed E-state index contributed by atoms with van der Waals surface area (Å²) in [4.78, 5) is 24.3. The number of alkyl halides is 1. The van der Waals surface area contributed by atoms with Crippen molar-refractivity contribution in [1.29, 1.82) is 0 Å². The van der Waals surface area contributed by atoms with E-state index < -0.39 is 23.0 Å². The lowest BCUT2D eigenvalue weighted by Gasteiger charge is -2.43. The highest BCUT2D eigenvalue weighted by molar-refractivity contribution is 5.36. The molecule has 1 fully saturated rings. The molecule has 144 valence electrons. The number of hydrogen-bond acceptors (Lipinski definition) is 6. The molecule has 3 heterocycles. The van der Waals surface area contributed by atoms with Gasteiger partial charge in [0.15, 0.2) is 0 Å². The molecule has 0 bridgehead atoms. The monoisotopic (exact) mass is 385 g/mol. The van der Waals surface area contributed by atoms with E-state index in [1.54, 1.807) is 0 Å². The zero-order chi connectivity index (χ0) is 19.7. The van der Waals surface area contributed by atoms with E-state index in [-0.39, 0.29) is 36.8 Å². The smallest absolute Gasteiger partial charge is 0.258 e. The van der Waals surface area contributed by atoms with E-state index in [0.29, 0.717) is 5.69 Å². The Bertz CT molecular complexity index is 1050. The lowest BCUT2D eigenvalue weighted by molar-refractivity contribution is 0.0963. The highest BCUT2D eigenvalue weighted by Crippen LogP contribution is 2.45. The summed E-state index contributed by atoms with van der Waals surface area (Å²) in [6.07, 6.45) is 5.16. The molecule has 0 radical (unpaired) electrons. The van der Waals surface area contributed by atoms with Crippen LogP contribution in [0.5, 0.6) is 5.75 Å². The summed E-state index contributed by atoms with van der Waals surface area (Å²) in [5, 5.41) is 12.3. The first-order valence-corrected chi connectivity index (χ1v) is 8.70.